The molecule has 11 heteroatoms. The van der Waals surface area contributed by atoms with Crippen molar-refractivity contribution >= 4 is 45.1 Å². The summed E-state index contributed by atoms with van der Waals surface area (Å²) in [5, 5.41) is -1.23. The molecule has 142 valence electrons. The van der Waals surface area contributed by atoms with Gasteiger partial charge < -0.3 is 14.2 Å². The Bertz CT molecular complexity index is 806. The summed E-state index contributed by atoms with van der Waals surface area (Å²) >= 11 is 15.2. The zero-order chi connectivity index (χ0) is 19.6. The molecule has 6 nitrogen and oxygen atoms in total. The van der Waals surface area contributed by atoms with Crippen molar-refractivity contribution in [3.63, 3.8) is 0 Å². The molecule has 0 spiro atoms. The quantitative estimate of drug-likeness (QED) is 0.516. The number of esters is 1. The monoisotopic (exact) mass is 472 g/mol. The van der Waals surface area contributed by atoms with E-state index < -0.39 is 33.5 Å². The van der Waals surface area contributed by atoms with Crippen LogP contribution in [0.2, 0.25) is 0 Å². The summed E-state index contributed by atoms with van der Waals surface area (Å²) in [5.74, 6) is -5.91. The zero-order valence-electron chi connectivity index (χ0n) is 13.7. The number of methoxy groups -OCH3 is 2. The van der Waals surface area contributed by atoms with Crippen LogP contribution < -0.4 is 14.9 Å². The molecular weight excluding hydrogens is 461 g/mol. The Kier molecular flexibility index (Phi) is 6.38. The molecule has 1 aromatic rings. The first-order chi connectivity index (χ1) is 12.2. The van der Waals surface area contributed by atoms with Crippen LogP contribution >= 0.6 is 39.1 Å². The zero-order valence-corrected chi connectivity index (χ0v) is 16.8. The first-order valence-electron chi connectivity index (χ1n) is 6.94. The van der Waals surface area contributed by atoms with Gasteiger partial charge in [-0.15, -0.1) is 0 Å². The van der Waals surface area contributed by atoms with Gasteiger partial charge in [-0.3, -0.25) is 0 Å². The fraction of sp³-hybridized carbons (Fsp3) is 0.267. The fourth-order valence-corrected chi connectivity index (χ4v) is 3.24. The third-order valence-corrected chi connectivity index (χ3v) is 4.77. The van der Waals surface area contributed by atoms with Crippen LogP contribution in [-0.4, -0.2) is 38.0 Å². The Morgan fingerprint density at radius 3 is 2.50 bits per heavy atom. The van der Waals surface area contributed by atoms with Crippen molar-refractivity contribution in [3.8, 4) is 11.5 Å². The van der Waals surface area contributed by atoms with E-state index in [2.05, 4.69) is 26.1 Å². The van der Waals surface area contributed by atoms with Crippen LogP contribution in [0, 0.1) is 0 Å². The minimum atomic E-state index is -3.22. The maximum atomic E-state index is 15.4. The normalized spacial score (nSPS) is 20.4. The molecule has 1 unspecified atom stereocenters. The molecule has 1 heterocycles. The molecule has 0 bridgehead atoms. The second kappa shape index (κ2) is 7.99. The molecule has 1 atom stereocenters. The van der Waals surface area contributed by atoms with E-state index in [4.69, 9.17) is 32.7 Å². The Labute approximate surface area is 166 Å². The van der Waals surface area contributed by atoms with Crippen molar-refractivity contribution in [1.82, 2.24) is 10.4 Å². The van der Waals surface area contributed by atoms with Crippen LogP contribution in [0.3, 0.4) is 0 Å². The maximum Gasteiger partial charge on any atom is 0.372 e. The SMILES string of the molecule is CNN1C(F)=C(Cl)C(Oc2ccc(OC)c(Br)c2)=C(Cl)C1(F)C(=O)OC. The molecule has 0 aromatic heterocycles. The number of hydrazine groups is 1. The Balaban J connectivity index is 2.56. The first kappa shape index (κ1) is 20.8. The van der Waals surface area contributed by atoms with Gasteiger partial charge in [-0.25, -0.2) is 15.2 Å². The van der Waals surface area contributed by atoms with Gasteiger partial charge in [0, 0.05) is 7.05 Å². The molecule has 0 amide bonds. The number of allylic oxidation sites excluding steroid dienone is 1. The van der Waals surface area contributed by atoms with Gasteiger partial charge in [0.05, 0.1) is 18.7 Å². The minimum absolute atomic E-state index is 0.141. The Morgan fingerprint density at radius 2 is 2.00 bits per heavy atom. The summed E-state index contributed by atoms with van der Waals surface area (Å²) in [6, 6.07) is 4.49. The van der Waals surface area contributed by atoms with Crippen LogP contribution in [0.1, 0.15) is 0 Å². The van der Waals surface area contributed by atoms with E-state index in [1.165, 1.54) is 26.3 Å². The average Bonchev–Trinajstić information content (AvgIpc) is 2.63. The third kappa shape index (κ3) is 3.36. The van der Waals surface area contributed by atoms with Crippen LogP contribution in [0.4, 0.5) is 8.78 Å². The molecule has 1 aliphatic heterocycles. The lowest BCUT2D eigenvalue weighted by Crippen LogP contribution is -2.58. The number of benzene rings is 1. The Morgan fingerprint density at radius 1 is 1.35 bits per heavy atom. The van der Waals surface area contributed by atoms with E-state index in [1.807, 2.05) is 0 Å². The van der Waals surface area contributed by atoms with Crippen molar-refractivity contribution in [1.29, 1.82) is 0 Å². The number of rotatable bonds is 5. The van der Waals surface area contributed by atoms with Gasteiger partial charge >= 0.3 is 11.8 Å². The molecule has 0 aliphatic carbocycles. The fourth-order valence-electron chi connectivity index (χ4n) is 2.16. The van der Waals surface area contributed by atoms with Crippen LogP contribution in [0.5, 0.6) is 11.5 Å². The van der Waals surface area contributed by atoms with Crippen LogP contribution in [0.15, 0.2) is 44.4 Å². The number of carbonyl (C=O) groups is 1. The summed E-state index contributed by atoms with van der Waals surface area (Å²) in [6.45, 7) is 0. The van der Waals surface area contributed by atoms with E-state index in [0.717, 1.165) is 7.11 Å². The molecule has 0 saturated carbocycles. The van der Waals surface area contributed by atoms with Gasteiger partial charge in [0.1, 0.15) is 21.6 Å². The Hall–Kier alpha value is -1.55. The van der Waals surface area contributed by atoms with E-state index >= 15 is 4.39 Å². The van der Waals surface area contributed by atoms with E-state index in [-0.39, 0.29) is 10.8 Å². The van der Waals surface area contributed by atoms with Crippen molar-refractivity contribution in [2.24, 2.45) is 0 Å². The van der Waals surface area contributed by atoms with Crippen molar-refractivity contribution in [2.75, 3.05) is 21.3 Å². The minimum Gasteiger partial charge on any atom is -0.496 e. The second-order valence-electron chi connectivity index (χ2n) is 4.82. The summed E-state index contributed by atoms with van der Waals surface area (Å²) < 4.78 is 45.3. The number of alkyl halides is 1. The van der Waals surface area contributed by atoms with E-state index in [1.54, 1.807) is 6.07 Å². The lowest BCUT2D eigenvalue weighted by molar-refractivity contribution is -0.167. The van der Waals surface area contributed by atoms with Gasteiger partial charge in [-0.05, 0) is 34.1 Å². The summed E-state index contributed by atoms with van der Waals surface area (Å²) in [5.41, 5.74) is 2.17. The standard InChI is InChI=1S/C15H13BrCl2F2N2O4/c1-21-22-13(19)10(17)11(12(18)15(22,20)14(23)25-3)26-7-4-5-9(24-2)8(16)6-7/h4-6,21H,1-3H3. The number of carbonyl (C=O) groups excluding carboxylic acids is 1. The van der Waals surface area contributed by atoms with Crippen LogP contribution in [0.25, 0.3) is 0 Å². The molecule has 0 fully saturated rings. The molecule has 0 radical (unpaired) electrons. The molecule has 1 aliphatic rings. The third-order valence-electron chi connectivity index (χ3n) is 3.40. The molecular formula is C15H13BrCl2F2N2O4. The van der Waals surface area contributed by atoms with Gasteiger partial charge in [-0.2, -0.15) is 8.78 Å². The summed E-state index contributed by atoms with van der Waals surface area (Å²) in [4.78, 5) is 11.9. The first-order valence-corrected chi connectivity index (χ1v) is 8.49. The number of nitrogens with one attached hydrogen (secondary N) is 1. The number of ether oxygens (including phenoxy) is 3. The number of hydrogen-bond acceptors (Lipinski definition) is 6. The second-order valence-corrected chi connectivity index (χ2v) is 6.43. The number of nitrogens with zero attached hydrogens (tertiary/aromatic N) is 1. The van der Waals surface area contributed by atoms with Crippen molar-refractivity contribution < 1.29 is 27.8 Å². The highest BCUT2D eigenvalue weighted by Crippen LogP contribution is 2.44. The molecule has 26 heavy (non-hydrogen) atoms. The number of halogens is 5. The van der Waals surface area contributed by atoms with Gasteiger partial charge in [0.25, 0.3) is 0 Å². The predicted octanol–water partition coefficient (Wildman–Crippen LogP) is 3.95. The lowest BCUT2D eigenvalue weighted by Gasteiger charge is -2.37. The van der Waals surface area contributed by atoms with E-state index in [9.17, 15) is 9.18 Å². The largest absolute Gasteiger partial charge is 0.496 e. The molecule has 1 aromatic carbocycles. The molecule has 1 N–H and O–H groups in total. The summed E-state index contributed by atoms with van der Waals surface area (Å²) in [7, 11) is 3.58. The summed E-state index contributed by atoms with van der Waals surface area (Å²) in [6.07, 6.45) is 0. The highest BCUT2D eigenvalue weighted by Gasteiger charge is 2.56. The smallest absolute Gasteiger partial charge is 0.372 e. The van der Waals surface area contributed by atoms with Crippen molar-refractivity contribution in [3.05, 3.63) is 44.4 Å². The predicted molar refractivity (Wildman–Crippen MR) is 94.9 cm³/mol. The van der Waals surface area contributed by atoms with Gasteiger partial charge in [0.15, 0.2) is 5.76 Å². The molecule has 2 rings (SSSR count). The average molecular weight is 474 g/mol. The van der Waals surface area contributed by atoms with Crippen molar-refractivity contribution in [2.45, 2.75) is 5.79 Å². The highest BCUT2D eigenvalue weighted by atomic mass is 79.9. The molecule has 0 saturated heterocycles. The lowest BCUT2D eigenvalue weighted by atomic mass is 10.1. The maximum absolute atomic E-state index is 15.4. The van der Waals surface area contributed by atoms with E-state index in [0.29, 0.717) is 10.2 Å². The topological polar surface area (TPSA) is 60.0 Å². The van der Waals surface area contributed by atoms with Gasteiger partial charge in [0.2, 0.25) is 5.95 Å². The van der Waals surface area contributed by atoms with Gasteiger partial charge in [-0.1, -0.05) is 23.2 Å². The van der Waals surface area contributed by atoms with Crippen LogP contribution in [-0.2, 0) is 9.53 Å². The highest BCUT2D eigenvalue weighted by molar-refractivity contribution is 9.10. The number of hydrogen-bond donors (Lipinski definition) is 1.